The van der Waals surface area contributed by atoms with Crippen LogP contribution in [0, 0.1) is 5.92 Å². The van der Waals surface area contributed by atoms with Gasteiger partial charge in [-0.3, -0.25) is 10.2 Å². The van der Waals surface area contributed by atoms with Crippen molar-refractivity contribution in [3.63, 3.8) is 0 Å². The van der Waals surface area contributed by atoms with E-state index >= 15 is 0 Å². The lowest BCUT2D eigenvalue weighted by molar-refractivity contribution is -0.149. The number of hydrazine groups is 1. The van der Waals surface area contributed by atoms with Crippen molar-refractivity contribution in [3.05, 3.63) is 0 Å². The fourth-order valence-corrected chi connectivity index (χ4v) is 1.67. The van der Waals surface area contributed by atoms with Gasteiger partial charge in [0.05, 0.1) is 12.5 Å². The number of rotatable bonds is 2. The predicted octanol–water partition coefficient (Wildman–Crippen LogP) is -0.155. The van der Waals surface area contributed by atoms with Crippen LogP contribution in [0.2, 0.25) is 0 Å². The number of amides is 2. The van der Waals surface area contributed by atoms with E-state index in [0.717, 1.165) is 0 Å². The summed E-state index contributed by atoms with van der Waals surface area (Å²) < 4.78 is 4.92. The van der Waals surface area contributed by atoms with E-state index in [-0.39, 0.29) is 17.9 Å². The van der Waals surface area contributed by atoms with Crippen LogP contribution in [-0.4, -0.2) is 36.6 Å². The maximum absolute atomic E-state index is 11.4. The molecule has 1 saturated heterocycles. The van der Waals surface area contributed by atoms with Gasteiger partial charge in [-0.1, -0.05) is 0 Å². The van der Waals surface area contributed by atoms with Crippen molar-refractivity contribution < 1.29 is 14.3 Å². The first-order chi connectivity index (χ1) is 7.19. The van der Waals surface area contributed by atoms with E-state index in [1.807, 2.05) is 0 Å². The number of carbonyl (C=O) groups is 2. The van der Waals surface area contributed by atoms with Crippen LogP contribution in [0.1, 0.15) is 19.8 Å². The summed E-state index contributed by atoms with van der Waals surface area (Å²) in [5, 5.41) is 0. The number of nitrogens with one attached hydrogen (secondary N) is 1. The van der Waals surface area contributed by atoms with E-state index < -0.39 is 0 Å². The van der Waals surface area contributed by atoms with Crippen molar-refractivity contribution >= 4 is 12.0 Å². The Balaban J connectivity index is 2.35. The zero-order chi connectivity index (χ0) is 11.3. The number of nitrogens with zero attached hydrogens (tertiary/aromatic N) is 1. The molecule has 1 aliphatic heterocycles. The number of esters is 1. The second-order valence-corrected chi connectivity index (χ2v) is 3.46. The smallest absolute Gasteiger partial charge is 0.331 e. The average molecular weight is 215 g/mol. The van der Waals surface area contributed by atoms with Crippen LogP contribution in [0.5, 0.6) is 0 Å². The predicted molar refractivity (Wildman–Crippen MR) is 53.6 cm³/mol. The Morgan fingerprint density at radius 3 is 2.53 bits per heavy atom. The number of ether oxygens (including phenoxy) is 1. The molecule has 6 nitrogen and oxygen atoms in total. The molecule has 0 aliphatic carbocycles. The van der Waals surface area contributed by atoms with Crippen molar-refractivity contribution in [2.24, 2.45) is 11.8 Å². The quantitative estimate of drug-likeness (QED) is 0.290. The molecule has 0 atom stereocenters. The molecule has 0 aromatic carbocycles. The molecule has 0 bridgehead atoms. The summed E-state index contributed by atoms with van der Waals surface area (Å²) >= 11 is 0. The van der Waals surface area contributed by atoms with Crippen molar-refractivity contribution in [2.45, 2.75) is 19.8 Å². The van der Waals surface area contributed by atoms with E-state index in [1.54, 1.807) is 11.8 Å². The minimum atomic E-state index is -0.294. The molecule has 3 N–H and O–H groups in total. The summed E-state index contributed by atoms with van der Waals surface area (Å²) in [5.41, 5.74) is 2.07. The van der Waals surface area contributed by atoms with Gasteiger partial charge in [-0.05, 0) is 19.8 Å². The highest BCUT2D eigenvalue weighted by atomic mass is 16.5. The van der Waals surface area contributed by atoms with Crippen LogP contribution in [0.3, 0.4) is 0 Å². The summed E-state index contributed by atoms with van der Waals surface area (Å²) in [6, 6.07) is -0.294. The number of likely N-dealkylation sites (tertiary alicyclic amines) is 1. The van der Waals surface area contributed by atoms with E-state index in [9.17, 15) is 9.59 Å². The molecule has 1 aliphatic rings. The second-order valence-electron chi connectivity index (χ2n) is 3.46. The van der Waals surface area contributed by atoms with Gasteiger partial charge >= 0.3 is 12.0 Å². The minimum absolute atomic E-state index is 0.0771. The van der Waals surface area contributed by atoms with Crippen LogP contribution in [-0.2, 0) is 9.53 Å². The molecule has 0 aromatic rings. The monoisotopic (exact) mass is 215 g/mol. The number of carbonyl (C=O) groups excluding carboxylic acids is 2. The average Bonchev–Trinajstić information content (AvgIpc) is 2.28. The van der Waals surface area contributed by atoms with Crippen molar-refractivity contribution in [1.82, 2.24) is 10.3 Å². The highest BCUT2D eigenvalue weighted by molar-refractivity contribution is 5.75. The third kappa shape index (κ3) is 3.09. The van der Waals surface area contributed by atoms with Gasteiger partial charge in [-0.2, -0.15) is 0 Å². The number of hydrogen-bond acceptors (Lipinski definition) is 4. The van der Waals surface area contributed by atoms with Crippen molar-refractivity contribution in [2.75, 3.05) is 19.7 Å². The van der Waals surface area contributed by atoms with Gasteiger partial charge in [0, 0.05) is 13.1 Å². The van der Waals surface area contributed by atoms with Crippen molar-refractivity contribution in [3.8, 4) is 0 Å². The molecule has 0 radical (unpaired) electrons. The van der Waals surface area contributed by atoms with E-state index in [2.05, 4.69) is 5.43 Å². The largest absolute Gasteiger partial charge is 0.466 e. The van der Waals surface area contributed by atoms with E-state index in [4.69, 9.17) is 10.6 Å². The van der Waals surface area contributed by atoms with E-state index in [1.165, 1.54) is 0 Å². The summed E-state index contributed by atoms with van der Waals surface area (Å²) in [6.45, 7) is 3.29. The zero-order valence-electron chi connectivity index (χ0n) is 8.86. The molecule has 1 heterocycles. The maximum atomic E-state index is 11.4. The fourth-order valence-electron chi connectivity index (χ4n) is 1.67. The lowest BCUT2D eigenvalue weighted by atomic mass is 9.97. The summed E-state index contributed by atoms with van der Waals surface area (Å²) in [7, 11) is 0. The van der Waals surface area contributed by atoms with Gasteiger partial charge in [0.25, 0.3) is 0 Å². The number of urea groups is 1. The van der Waals surface area contributed by atoms with Gasteiger partial charge in [-0.25, -0.2) is 10.6 Å². The van der Waals surface area contributed by atoms with Gasteiger partial charge in [0.1, 0.15) is 0 Å². The Morgan fingerprint density at radius 1 is 1.47 bits per heavy atom. The number of nitrogens with two attached hydrogens (primary N) is 1. The molecule has 0 spiro atoms. The standard InChI is InChI=1S/C9H17N3O3/c1-2-15-8(13)7-3-5-12(6-4-7)9(14)11-10/h7H,2-6,10H2,1H3,(H,11,14). The topological polar surface area (TPSA) is 84.7 Å². The molecule has 0 unspecified atom stereocenters. The van der Waals surface area contributed by atoms with Gasteiger partial charge in [0.2, 0.25) is 0 Å². The van der Waals surface area contributed by atoms with Crippen molar-refractivity contribution in [1.29, 1.82) is 0 Å². The number of piperidine rings is 1. The molecule has 2 amide bonds. The lowest BCUT2D eigenvalue weighted by Gasteiger charge is -2.30. The first-order valence-corrected chi connectivity index (χ1v) is 5.11. The molecule has 6 heteroatoms. The molecule has 1 rings (SSSR count). The van der Waals surface area contributed by atoms with Gasteiger partial charge < -0.3 is 9.64 Å². The first-order valence-electron chi connectivity index (χ1n) is 5.11. The van der Waals surface area contributed by atoms with Crippen LogP contribution in [0.25, 0.3) is 0 Å². The molecular weight excluding hydrogens is 198 g/mol. The minimum Gasteiger partial charge on any atom is -0.466 e. The lowest BCUT2D eigenvalue weighted by Crippen LogP contribution is -2.47. The Morgan fingerprint density at radius 2 is 2.07 bits per heavy atom. The van der Waals surface area contributed by atoms with Gasteiger partial charge in [-0.15, -0.1) is 0 Å². The maximum Gasteiger partial charge on any atom is 0.331 e. The summed E-state index contributed by atoms with van der Waals surface area (Å²) in [5.74, 6) is 4.77. The van der Waals surface area contributed by atoms with Crippen LogP contribution in [0.4, 0.5) is 4.79 Å². The highest BCUT2D eigenvalue weighted by Crippen LogP contribution is 2.18. The molecule has 0 aromatic heterocycles. The Labute approximate surface area is 88.7 Å². The Bertz CT molecular complexity index is 237. The van der Waals surface area contributed by atoms with E-state index in [0.29, 0.717) is 32.5 Å². The normalized spacial score (nSPS) is 17.3. The molecule has 15 heavy (non-hydrogen) atoms. The van der Waals surface area contributed by atoms with Crippen LogP contribution >= 0.6 is 0 Å². The molecule has 1 fully saturated rings. The fraction of sp³-hybridized carbons (Fsp3) is 0.778. The van der Waals surface area contributed by atoms with Gasteiger partial charge in [0.15, 0.2) is 0 Å². The Kier molecular flexibility index (Phi) is 4.36. The third-order valence-corrected chi connectivity index (χ3v) is 2.53. The van der Waals surface area contributed by atoms with Crippen LogP contribution < -0.4 is 11.3 Å². The first kappa shape index (κ1) is 11.8. The highest BCUT2D eigenvalue weighted by Gasteiger charge is 2.27. The second kappa shape index (κ2) is 5.55. The Hall–Kier alpha value is -1.30. The summed E-state index contributed by atoms with van der Waals surface area (Å²) in [4.78, 5) is 24.1. The SMILES string of the molecule is CCOC(=O)C1CCN(C(=O)NN)CC1. The zero-order valence-corrected chi connectivity index (χ0v) is 8.86. The molecule has 0 saturated carbocycles. The number of hydrogen-bond donors (Lipinski definition) is 2. The van der Waals surface area contributed by atoms with Crippen LogP contribution in [0.15, 0.2) is 0 Å². The molecule has 86 valence electrons. The third-order valence-electron chi connectivity index (χ3n) is 2.53. The summed E-state index contributed by atoms with van der Waals surface area (Å²) in [6.07, 6.45) is 1.29. The molecular formula is C9H17N3O3.